The molecular weight excluding hydrogens is 637 g/mol. The number of nitrogens with zero attached hydrogens (tertiary/aromatic N) is 6. The molecule has 0 saturated carbocycles. The first-order valence-corrected chi connectivity index (χ1v) is 18.6. The van der Waals surface area contributed by atoms with Crippen LogP contribution in [0.2, 0.25) is 0 Å². The maximum Gasteiger partial charge on any atom is 0.256 e. The predicted octanol–water partition coefficient (Wildman–Crippen LogP) is 11.8. The summed E-state index contributed by atoms with van der Waals surface area (Å²) in [6, 6.07) is 27.8. The van der Waals surface area contributed by atoms with Crippen molar-refractivity contribution in [3.05, 3.63) is 107 Å². The van der Waals surface area contributed by atoms with E-state index in [1.165, 1.54) is 43.8 Å². The molecule has 0 fully saturated rings. The number of fused-ring (bicyclic) bond motifs is 7. The lowest BCUT2D eigenvalue weighted by molar-refractivity contribution is 0.590. The van der Waals surface area contributed by atoms with Gasteiger partial charge in [0.05, 0.1) is 22.1 Å². The highest BCUT2D eigenvalue weighted by atomic mass is 15.4. The van der Waals surface area contributed by atoms with Gasteiger partial charge in [0.1, 0.15) is 18.0 Å². The molecule has 0 aliphatic heterocycles. The molecule has 0 radical (unpaired) electrons. The molecule has 0 unspecified atom stereocenters. The molecule has 0 saturated heterocycles. The van der Waals surface area contributed by atoms with Crippen molar-refractivity contribution in [1.29, 1.82) is 0 Å². The highest BCUT2D eigenvalue weighted by Crippen LogP contribution is 2.41. The van der Waals surface area contributed by atoms with E-state index >= 15 is 0 Å². The zero-order valence-electron chi connectivity index (χ0n) is 33.2. The third-order valence-corrected chi connectivity index (χ3v) is 11.0. The third-order valence-electron chi connectivity index (χ3n) is 11.0. The monoisotopic (exact) mass is 688 g/mol. The molecular formula is C46H52N6. The van der Waals surface area contributed by atoms with Crippen molar-refractivity contribution in [2.24, 2.45) is 0 Å². The summed E-state index contributed by atoms with van der Waals surface area (Å²) in [5, 5.41) is 9.74. The highest BCUT2D eigenvalue weighted by molar-refractivity contribution is 6.11. The summed E-state index contributed by atoms with van der Waals surface area (Å²) in [6.45, 7) is 29.6. The standard InChI is InChI=1S/C46H52N6/c1-27-40(50-36-18-14-28(43(2,3)4)22-32(36)33-23-29(44(5,6)7)15-19-37(33)50)49-42-47-26-48-52(42)41(27)51-38-20-16-30(45(8,9)10)24-34(38)35-25-31(46(11,12)13)17-21-39(35)51/h14-26H,1-13H3. The third kappa shape index (κ3) is 5.24. The van der Waals surface area contributed by atoms with Gasteiger partial charge in [0.2, 0.25) is 0 Å². The summed E-state index contributed by atoms with van der Waals surface area (Å²) in [6.07, 6.45) is 1.62. The van der Waals surface area contributed by atoms with Crippen molar-refractivity contribution in [2.75, 3.05) is 0 Å². The van der Waals surface area contributed by atoms with Gasteiger partial charge in [0, 0.05) is 27.1 Å². The van der Waals surface area contributed by atoms with Crippen molar-refractivity contribution >= 4 is 49.4 Å². The molecule has 4 aromatic carbocycles. The zero-order chi connectivity index (χ0) is 37.3. The van der Waals surface area contributed by atoms with Crippen LogP contribution in [0.15, 0.2) is 79.1 Å². The molecule has 52 heavy (non-hydrogen) atoms. The fourth-order valence-corrected chi connectivity index (χ4v) is 7.75. The van der Waals surface area contributed by atoms with Gasteiger partial charge in [-0.2, -0.15) is 19.6 Å². The number of hydrogen-bond donors (Lipinski definition) is 0. The summed E-state index contributed by atoms with van der Waals surface area (Å²) in [5.41, 5.74) is 10.9. The number of rotatable bonds is 2. The molecule has 8 aromatic rings. The van der Waals surface area contributed by atoms with Gasteiger partial charge in [0.25, 0.3) is 5.78 Å². The minimum atomic E-state index is 0.0133. The minimum Gasteiger partial charge on any atom is -0.293 e. The van der Waals surface area contributed by atoms with Crippen molar-refractivity contribution < 1.29 is 0 Å². The van der Waals surface area contributed by atoms with E-state index < -0.39 is 0 Å². The van der Waals surface area contributed by atoms with Crippen LogP contribution < -0.4 is 0 Å². The largest absolute Gasteiger partial charge is 0.293 e. The topological polar surface area (TPSA) is 52.9 Å². The van der Waals surface area contributed by atoms with Crippen LogP contribution in [0.4, 0.5) is 0 Å². The maximum absolute atomic E-state index is 5.28. The van der Waals surface area contributed by atoms with E-state index in [0.717, 1.165) is 39.3 Å². The second-order valence-corrected chi connectivity index (χ2v) is 19.0. The van der Waals surface area contributed by atoms with E-state index in [4.69, 9.17) is 15.1 Å². The Morgan fingerprint density at radius 1 is 0.462 bits per heavy atom. The van der Waals surface area contributed by atoms with Gasteiger partial charge >= 0.3 is 0 Å². The summed E-state index contributed by atoms with van der Waals surface area (Å²) in [4.78, 5) is 10.0. The molecule has 4 aromatic heterocycles. The Hall–Kier alpha value is -4.97. The van der Waals surface area contributed by atoms with Crippen LogP contribution in [0, 0.1) is 6.92 Å². The summed E-state index contributed by atoms with van der Waals surface area (Å²) >= 11 is 0. The van der Waals surface area contributed by atoms with Gasteiger partial charge in [-0.25, -0.2) is 0 Å². The second kappa shape index (κ2) is 11.0. The van der Waals surface area contributed by atoms with Crippen LogP contribution in [0.25, 0.3) is 61.0 Å². The van der Waals surface area contributed by atoms with Crippen LogP contribution in [0.3, 0.4) is 0 Å². The predicted molar refractivity (Wildman–Crippen MR) is 219 cm³/mol. The number of benzene rings is 4. The smallest absolute Gasteiger partial charge is 0.256 e. The van der Waals surface area contributed by atoms with Crippen LogP contribution >= 0.6 is 0 Å². The Kier molecular flexibility index (Phi) is 7.23. The van der Waals surface area contributed by atoms with Gasteiger partial charge in [-0.05, 0) is 99.4 Å². The fraction of sp³-hybridized carbons (Fsp3) is 0.370. The lowest BCUT2D eigenvalue weighted by Gasteiger charge is -2.20. The van der Waals surface area contributed by atoms with Crippen LogP contribution in [-0.2, 0) is 21.7 Å². The van der Waals surface area contributed by atoms with Crippen molar-refractivity contribution in [2.45, 2.75) is 112 Å². The van der Waals surface area contributed by atoms with E-state index in [1.807, 2.05) is 4.52 Å². The quantitative estimate of drug-likeness (QED) is 0.182. The summed E-state index contributed by atoms with van der Waals surface area (Å²) in [7, 11) is 0. The van der Waals surface area contributed by atoms with Crippen molar-refractivity contribution in [1.82, 2.24) is 28.7 Å². The van der Waals surface area contributed by atoms with Crippen LogP contribution in [0.5, 0.6) is 0 Å². The molecule has 4 heterocycles. The SMILES string of the molecule is Cc1c(-n2c3ccc(C(C)(C)C)cc3c3cc(C(C)(C)C)ccc32)nc2ncnn2c1-n1c2ccc(C(C)(C)C)cc2c2cc(C(C)(C)C)ccc21. The summed E-state index contributed by atoms with van der Waals surface area (Å²) < 4.78 is 6.64. The molecule has 266 valence electrons. The lowest BCUT2D eigenvalue weighted by Crippen LogP contribution is -2.13. The Balaban J connectivity index is 1.50. The molecule has 8 rings (SSSR count). The van der Waals surface area contributed by atoms with E-state index in [0.29, 0.717) is 5.78 Å². The van der Waals surface area contributed by atoms with Gasteiger partial charge < -0.3 is 0 Å². The molecule has 0 aliphatic carbocycles. The molecule has 0 atom stereocenters. The second-order valence-electron chi connectivity index (χ2n) is 19.0. The highest BCUT2D eigenvalue weighted by Gasteiger charge is 2.27. The van der Waals surface area contributed by atoms with Gasteiger partial charge in [-0.15, -0.1) is 0 Å². The molecule has 0 N–H and O–H groups in total. The first kappa shape index (κ1) is 34.1. The molecule has 0 amide bonds. The minimum absolute atomic E-state index is 0.0133. The molecule has 6 heteroatoms. The maximum atomic E-state index is 5.28. The lowest BCUT2D eigenvalue weighted by atomic mass is 9.85. The van der Waals surface area contributed by atoms with Gasteiger partial charge in [0.15, 0.2) is 0 Å². The summed E-state index contributed by atoms with van der Waals surface area (Å²) in [5.74, 6) is 2.36. The average molecular weight is 689 g/mol. The molecule has 0 bridgehead atoms. The molecule has 0 spiro atoms. The van der Waals surface area contributed by atoms with Crippen molar-refractivity contribution in [3.8, 4) is 11.6 Å². The van der Waals surface area contributed by atoms with E-state index in [-0.39, 0.29) is 21.7 Å². The Bertz CT molecular complexity index is 2580. The Labute approximate surface area is 307 Å². The number of aromatic nitrogens is 6. The van der Waals surface area contributed by atoms with Gasteiger partial charge in [-0.3, -0.25) is 9.13 Å². The first-order valence-electron chi connectivity index (χ1n) is 18.6. The Morgan fingerprint density at radius 3 is 1.15 bits per heavy atom. The van der Waals surface area contributed by atoms with Crippen LogP contribution in [0.1, 0.15) is 111 Å². The average Bonchev–Trinajstić information content (AvgIpc) is 3.74. The van der Waals surface area contributed by atoms with Gasteiger partial charge in [-0.1, -0.05) is 107 Å². The first-order chi connectivity index (χ1) is 24.2. The molecule has 6 nitrogen and oxygen atoms in total. The van der Waals surface area contributed by atoms with Crippen LogP contribution in [-0.4, -0.2) is 28.7 Å². The van der Waals surface area contributed by atoms with E-state index in [2.05, 4.69) is 172 Å². The fourth-order valence-electron chi connectivity index (χ4n) is 7.75. The normalized spacial score (nSPS) is 13.5. The Morgan fingerprint density at radius 2 is 0.808 bits per heavy atom. The molecule has 0 aliphatic rings. The van der Waals surface area contributed by atoms with Crippen molar-refractivity contribution in [3.63, 3.8) is 0 Å². The van der Waals surface area contributed by atoms with E-state index in [1.54, 1.807) is 6.33 Å². The number of hydrogen-bond acceptors (Lipinski definition) is 3. The van der Waals surface area contributed by atoms with E-state index in [9.17, 15) is 0 Å². The zero-order valence-corrected chi connectivity index (χ0v) is 33.2.